The summed E-state index contributed by atoms with van der Waals surface area (Å²) in [4.78, 5) is 0. The van der Waals surface area contributed by atoms with E-state index in [0.717, 1.165) is 11.1 Å². The van der Waals surface area contributed by atoms with E-state index in [2.05, 4.69) is 17.9 Å². The lowest BCUT2D eigenvalue weighted by molar-refractivity contribution is 0.305. The molecule has 1 aromatic rings. The lowest BCUT2D eigenvalue weighted by Gasteiger charge is -1.98. The topological polar surface area (TPSA) is 44.0 Å². The average Bonchev–Trinajstić information content (AvgIpc) is 2.21. The SMILES string of the molecule is Cc1c(C#N)cccc1C#CCCO. The third-order valence-corrected chi connectivity index (χ3v) is 1.91. The van der Waals surface area contributed by atoms with Crippen molar-refractivity contribution in [1.82, 2.24) is 0 Å². The minimum atomic E-state index is 0.0734. The Morgan fingerprint density at radius 3 is 2.71 bits per heavy atom. The highest BCUT2D eigenvalue weighted by molar-refractivity contribution is 5.49. The van der Waals surface area contributed by atoms with Gasteiger partial charge in [0.15, 0.2) is 0 Å². The number of benzene rings is 1. The third-order valence-electron chi connectivity index (χ3n) is 1.91. The number of nitriles is 1. The Bertz CT molecular complexity index is 418. The van der Waals surface area contributed by atoms with Crippen LogP contribution in [0.15, 0.2) is 18.2 Å². The zero-order valence-electron chi connectivity index (χ0n) is 8.04. The molecule has 0 heterocycles. The maximum atomic E-state index is 8.78. The molecule has 2 heteroatoms. The normalized spacial score (nSPS) is 8.64. The van der Waals surface area contributed by atoms with E-state index in [9.17, 15) is 0 Å². The van der Waals surface area contributed by atoms with Crippen LogP contribution in [-0.4, -0.2) is 11.7 Å². The van der Waals surface area contributed by atoms with Gasteiger partial charge in [-0.1, -0.05) is 17.9 Å². The van der Waals surface area contributed by atoms with Gasteiger partial charge in [-0.15, -0.1) is 0 Å². The Morgan fingerprint density at radius 1 is 1.36 bits per heavy atom. The average molecular weight is 185 g/mol. The highest BCUT2D eigenvalue weighted by Crippen LogP contribution is 2.11. The van der Waals surface area contributed by atoms with E-state index >= 15 is 0 Å². The van der Waals surface area contributed by atoms with Crippen LogP contribution < -0.4 is 0 Å². The maximum absolute atomic E-state index is 8.78. The minimum Gasteiger partial charge on any atom is -0.395 e. The number of hydrogen-bond acceptors (Lipinski definition) is 2. The van der Waals surface area contributed by atoms with Gasteiger partial charge >= 0.3 is 0 Å². The lowest BCUT2D eigenvalue weighted by atomic mass is 10.0. The Balaban J connectivity index is 3.01. The molecule has 1 rings (SSSR count). The number of aliphatic hydroxyl groups excluding tert-OH is 1. The second-order valence-electron chi connectivity index (χ2n) is 2.87. The Labute approximate surface area is 83.8 Å². The molecule has 70 valence electrons. The zero-order valence-corrected chi connectivity index (χ0v) is 8.04. The molecule has 0 spiro atoms. The van der Waals surface area contributed by atoms with Crippen LogP contribution in [0, 0.1) is 30.1 Å². The van der Waals surface area contributed by atoms with Crippen LogP contribution in [0.2, 0.25) is 0 Å². The monoisotopic (exact) mass is 185 g/mol. The first-order chi connectivity index (χ1) is 6.79. The molecular weight excluding hydrogens is 174 g/mol. The summed E-state index contributed by atoms with van der Waals surface area (Å²) in [6.07, 6.45) is 0.468. The summed E-state index contributed by atoms with van der Waals surface area (Å²) in [5, 5.41) is 17.3. The molecule has 0 aliphatic carbocycles. The van der Waals surface area contributed by atoms with Crippen molar-refractivity contribution in [3.05, 3.63) is 34.9 Å². The van der Waals surface area contributed by atoms with E-state index in [1.54, 1.807) is 6.07 Å². The summed E-state index contributed by atoms with van der Waals surface area (Å²) in [6.45, 7) is 1.95. The molecule has 0 aromatic heterocycles. The van der Waals surface area contributed by atoms with E-state index < -0.39 is 0 Å². The minimum absolute atomic E-state index is 0.0734. The molecule has 0 aliphatic rings. The molecule has 0 saturated carbocycles. The predicted octanol–water partition coefficient (Wildman–Crippen LogP) is 1.60. The quantitative estimate of drug-likeness (QED) is 0.675. The standard InChI is InChI=1S/C12H11NO/c1-10-11(5-2-3-8-14)6-4-7-12(10)9-13/h4,6-7,14H,3,8H2,1H3. The van der Waals surface area contributed by atoms with Crippen LogP contribution in [0.1, 0.15) is 23.1 Å². The number of nitrogens with zero attached hydrogens (tertiary/aromatic N) is 1. The van der Waals surface area contributed by atoms with E-state index in [0.29, 0.717) is 12.0 Å². The van der Waals surface area contributed by atoms with Crippen molar-refractivity contribution in [2.75, 3.05) is 6.61 Å². The lowest BCUT2D eigenvalue weighted by Crippen LogP contribution is -1.87. The molecule has 2 nitrogen and oxygen atoms in total. The summed E-state index contributed by atoms with van der Waals surface area (Å²) in [7, 11) is 0. The van der Waals surface area contributed by atoms with Gasteiger partial charge in [-0.05, 0) is 24.6 Å². The first kappa shape index (κ1) is 10.3. The summed E-state index contributed by atoms with van der Waals surface area (Å²) >= 11 is 0. The molecule has 0 aliphatic heterocycles. The Hall–Kier alpha value is -1.77. The van der Waals surface area contributed by atoms with Crippen molar-refractivity contribution >= 4 is 0 Å². The summed E-state index contributed by atoms with van der Waals surface area (Å²) in [5.41, 5.74) is 2.42. The molecule has 0 saturated heterocycles. The molecule has 1 N–H and O–H groups in total. The first-order valence-electron chi connectivity index (χ1n) is 4.39. The molecule has 0 amide bonds. The number of aliphatic hydroxyl groups is 1. The van der Waals surface area contributed by atoms with Gasteiger partial charge in [-0.2, -0.15) is 5.26 Å². The van der Waals surface area contributed by atoms with Gasteiger partial charge in [-0.3, -0.25) is 0 Å². The van der Waals surface area contributed by atoms with Crippen molar-refractivity contribution < 1.29 is 5.11 Å². The maximum Gasteiger partial charge on any atom is 0.0994 e. The second kappa shape index (κ2) is 5.07. The highest BCUT2D eigenvalue weighted by atomic mass is 16.2. The van der Waals surface area contributed by atoms with Crippen molar-refractivity contribution in [2.45, 2.75) is 13.3 Å². The fourth-order valence-electron chi connectivity index (χ4n) is 1.11. The molecule has 0 radical (unpaired) electrons. The van der Waals surface area contributed by atoms with Gasteiger partial charge in [0, 0.05) is 12.0 Å². The number of hydrogen-bond donors (Lipinski definition) is 1. The third kappa shape index (κ3) is 2.36. The molecule has 0 fully saturated rings. The van der Waals surface area contributed by atoms with E-state index in [4.69, 9.17) is 10.4 Å². The molecular formula is C12H11NO. The molecule has 14 heavy (non-hydrogen) atoms. The van der Waals surface area contributed by atoms with Gasteiger partial charge < -0.3 is 5.11 Å². The molecule has 0 bridgehead atoms. The molecule has 1 aromatic carbocycles. The van der Waals surface area contributed by atoms with E-state index in [1.807, 2.05) is 19.1 Å². The van der Waals surface area contributed by atoms with Crippen LogP contribution >= 0.6 is 0 Å². The fraction of sp³-hybridized carbons (Fsp3) is 0.250. The van der Waals surface area contributed by atoms with E-state index in [1.165, 1.54) is 0 Å². The van der Waals surface area contributed by atoms with Gasteiger partial charge in [-0.25, -0.2) is 0 Å². The van der Waals surface area contributed by atoms with Gasteiger partial charge in [0.25, 0.3) is 0 Å². The second-order valence-corrected chi connectivity index (χ2v) is 2.87. The molecule has 0 unspecified atom stereocenters. The predicted molar refractivity (Wildman–Crippen MR) is 54.5 cm³/mol. The summed E-state index contributed by atoms with van der Waals surface area (Å²) < 4.78 is 0. The van der Waals surface area contributed by atoms with Crippen LogP contribution in [0.5, 0.6) is 0 Å². The van der Waals surface area contributed by atoms with Crippen molar-refractivity contribution in [3.8, 4) is 17.9 Å². The van der Waals surface area contributed by atoms with Crippen LogP contribution in [-0.2, 0) is 0 Å². The fourth-order valence-corrected chi connectivity index (χ4v) is 1.11. The van der Waals surface area contributed by atoms with Crippen molar-refractivity contribution in [3.63, 3.8) is 0 Å². The van der Waals surface area contributed by atoms with E-state index in [-0.39, 0.29) is 6.61 Å². The van der Waals surface area contributed by atoms with Crippen LogP contribution in [0.4, 0.5) is 0 Å². The first-order valence-corrected chi connectivity index (χ1v) is 4.39. The smallest absolute Gasteiger partial charge is 0.0994 e. The largest absolute Gasteiger partial charge is 0.395 e. The highest BCUT2D eigenvalue weighted by Gasteiger charge is 1.99. The van der Waals surface area contributed by atoms with Crippen LogP contribution in [0.25, 0.3) is 0 Å². The van der Waals surface area contributed by atoms with Gasteiger partial charge in [0.1, 0.15) is 0 Å². The van der Waals surface area contributed by atoms with Crippen molar-refractivity contribution in [2.24, 2.45) is 0 Å². The van der Waals surface area contributed by atoms with Crippen LogP contribution in [0.3, 0.4) is 0 Å². The van der Waals surface area contributed by atoms with Gasteiger partial charge in [0.2, 0.25) is 0 Å². The number of rotatable bonds is 1. The summed E-state index contributed by atoms with van der Waals surface area (Å²) in [6, 6.07) is 7.57. The Kier molecular flexibility index (Phi) is 3.73. The van der Waals surface area contributed by atoms with Gasteiger partial charge in [0.05, 0.1) is 18.2 Å². The molecule has 0 atom stereocenters. The van der Waals surface area contributed by atoms with Crippen molar-refractivity contribution in [1.29, 1.82) is 5.26 Å². The zero-order chi connectivity index (χ0) is 10.4. The Morgan fingerprint density at radius 2 is 2.07 bits per heavy atom. The summed E-state index contributed by atoms with van der Waals surface area (Å²) in [5.74, 6) is 5.76.